The van der Waals surface area contributed by atoms with Gasteiger partial charge in [-0.15, -0.1) is 0 Å². The van der Waals surface area contributed by atoms with Gasteiger partial charge in [-0.05, 0) is 0 Å². The Morgan fingerprint density at radius 2 is 1.55 bits per heavy atom. The molecule has 3 aromatic rings. The van der Waals surface area contributed by atoms with E-state index in [0.717, 1.165) is 0 Å². The van der Waals surface area contributed by atoms with Crippen molar-refractivity contribution >= 4 is 23.8 Å². The van der Waals surface area contributed by atoms with Crippen molar-refractivity contribution in [1.29, 1.82) is 0 Å². The van der Waals surface area contributed by atoms with E-state index in [9.17, 15) is 0 Å². The largest absolute Gasteiger partial charge is 1.00 e. The summed E-state index contributed by atoms with van der Waals surface area (Å²) in [5, 5.41) is 3.20. The molecule has 0 amide bonds. The fraction of sp³-hybridized carbons (Fsp3) is 0.250. The second kappa shape index (κ2) is 11.7. The molecular weight excluding hydrogens is 471 g/mol. The first-order valence-electron chi connectivity index (χ1n) is 9.72. The maximum Gasteiger partial charge on any atom is -1.00 e. The Morgan fingerprint density at radius 1 is 0.897 bits per heavy atom. The van der Waals surface area contributed by atoms with Gasteiger partial charge in [-0.25, -0.2) is 0 Å². The van der Waals surface area contributed by atoms with Crippen LogP contribution in [0.25, 0.3) is 11.1 Å². The van der Waals surface area contributed by atoms with E-state index in [-0.39, 0.29) is 37.2 Å². The molecular formula is C24H25Cl3SiTi. The monoisotopic (exact) mass is 494 g/mol. The molecule has 1 aliphatic carbocycles. The van der Waals surface area contributed by atoms with Crippen molar-refractivity contribution in [2.45, 2.75) is 39.0 Å². The average molecular weight is 496 g/mol. The van der Waals surface area contributed by atoms with Crippen LogP contribution >= 0.6 is 0 Å². The summed E-state index contributed by atoms with van der Waals surface area (Å²) in [7, 11) is -0.438. The van der Waals surface area contributed by atoms with Crippen molar-refractivity contribution in [3.05, 3.63) is 77.4 Å². The molecule has 1 atom stereocenters. The number of hydrogen-bond donors (Lipinski definition) is 0. The summed E-state index contributed by atoms with van der Waals surface area (Å²) in [5.41, 5.74) is 7.65. The van der Waals surface area contributed by atoms with Crippen LogP contribution in [0.15, 0.2) is 60.7 Å². The number of aryl methyl sites for hydroxylation is 1. The van der Waals surface area contributed by atoms with Crippen LogP contribution in [0.5, 0.6) is 0 Å². The van der Waals surface area contributed by atoms with Crippen LogP contribution in [0, 0.1) is 6.92 Å². The third-order valence-electron chi connectivity index (χ3n) is 5.74. The van der Waals surface area contributed by atoms with Gasteiger partial charge in [-0.3, -0.25) is 0 Å². The first-order valence-corrected chi connectivity index (χ1v) is 11.9. The molecule has 150 valence electrons. The Hall–Kier alpha value is -0.539. The van der Waals surface area contributed by atoms with Gasteiger partial charge in [-0.1, -0.05) is 0 Å². The van der Waals surface area contributed by atoms with Crippen LogP contribution in [-0.2, 0) is 20.4 Å². The molecule has 29 heavy (non-hydrogen) atoms. The summed E-state index contributed by atoms with van der Waals surface area (Å²) >= 11 is 2.39. The molecule has 0 saturated carbocycles. The van der Waals surface area contributed by atoms with E-state index in [1.165, 1.54) is 36.0 Å². The molecule has 3 aromatic carbocycles. The second-order valence-electron chi connectivity index (χ2n) is 7.45. The topological polar surface area (TPSA) is 0 Å². The second-order valence-corrected chi connectivity index (χ2v) is 10.1. The Kier molecular flexibility index (Phi) is 10.7. The van der Waals surface area contributed by atoms with Crippen molar-refractivity contribution in [2.75, 3.05) is 0 Å². The van der Waals surface area contributed by atoms with Crippen LogP contribution in [-0.4, -0.2) is 9.52 Å². The number of halogens is 3. The summed E-state index contributed by atoms with van der Waals surface area (Å²) in [6.07, 6.45) is 3.85. The molecule has 0 radical (unpaired) electrons. The Balaban J connectivity index is 0.00000140. The van der Waals surface area contributed by atoms with Crippen molar-refractivity contribution in [1.82, 2.24) is 0 Å². The molecule has 0 saturated heterocycles. The van der Waals surface area contributed by atoms with Crippen molar-refractivity contribution in [3.8, 4) is 11.1 Å². The van der Waals surface area contributed by atoms with Crippen LogP contribution in [0.4, 0.5) is 0 Å². The SMILES string of the molecule is CCCCC1c2ccccc2-c2cc(C)c([SiH2]c3ccccc3)[c]([Ti+3])c21.[Cl-].[Cl-].[Cl-]. The normalized spacial score (nSPS) is 13.9. The van der Waals surface area contributed by atoms with Crippen molar-refractivity contribution < 1.29 is 57.7 Å². The van der Waals surface area contributed by atoms with Crippen LogP contribution in [0.1, 0.15) is 48.8 Å². The zero-order valence-electron chi connectivity index (χ0n) is 16.8. The van der Waals surface area contributed by atoms with Gasteiger partial charge in [0.1, 0.15) is 0 Å². The predicted molar refractivity (Wildman–Crippen MR) is 112 cm³/mol. The summed E-state index contributed by atoms with van der Waals surface area (Å²) in [5.74, 6) is 0.588. The van der Waals surface area contributed by atoms with E-state index < -0.39 is 9.52 Å². The standard InChI is InChI=1S/C24H25Si.3ClH.Ti/c1-3-4-12-20-19-13-8-9-14-21(19)22-15-17(2)24(16-23(20)22)25-18-10-6-5-7-11-18;;;;/h5-11,13-15,20H,3-4,12,25H2,1-2H3;3*1H;/q;;;;+3/p-3. The van der Waals surface area contributed by atoms with Gasteiger partial charge in [0.05, 0.1) is 0 Å². The van der Waals surface area contributed by atoms with E-state index in [1.54, 1.807) is 25.4 Å². The molecule has 0 aliphatic heterocycles. The Morgan fingerprint density at radius 3 is 2.24 bits per heavy atom. The van der Waals surface area contributed by atoms with Gasteiger partial charge >= 0.3 is 172 Å². The van der Waals surface area contributed by atoms with Crippen molar-refractivity contribution in [3.63, 3.8) is 0 Å². The number of rotatable bonds is 5. The molecule has 0 spiro atoms. The molecule has 5 heteroatoms. The first kappa shape index (κ1) is 26.5. The van der Waals surface area contributed by atoms with Gasteiger partial charge in [0.25, 0.3) is 0 Å². The summed E-state index contributed by atoms with van der Waals surface area (Å²) < 4.78 is 1.58. The van der Waals surface area contributed by atoms with Gasteiger partial charge < -0.3 is 37.2 Å². The predicted octanol–water partition coefficient (Wildman–Crippen LogP) is -5.40. The van der Waals surface area contributed by atoms with Crippen LogP contribution in [0.3, 0.4) is 0 Å². The molecule has 4 rings (SSSR count). The Labute approximate surface area is 207 Å². The fourth-order valence-electron chi connectivity index (χ4n) is 4.40. The molecule has 0 N–H and O–H groups in total. The van der Waals surface area contributed by atoms with Gasteiger partial charge in [-0.2, -0.15) is 0 Å². The molecule has 0 aromatic heterocycles. The molecule has 1 aliphatic rings. The average Bonchev–Trinajstić information content (AvgIpc) is 2.98. The minimum Gasteiger partial charge on any atom is -1.00 e. The molecule has 0 heterocycles. The first-order chi connectivity index (χ1) is 12.7. The minimum absolute atomic E-state index is 0. The van der Waals surface area contributed by atoms with Crippen molar-refractivity contribution in [2.24, 2.45) is 0 Å². The van der Waals surface area contributed by atoms with E-state index in [0.29, 0.717) is 5.92 Å². The van der Waals surface area contributed by atoms with Gasteiger partial charge in [0.15, 0.2) is 0 Å². The number of benzene rings is 3. The van der Waals surface area contributed by atoms with E-state index in [1.807, 2.05) is 0 Å². The van der Waals surface area contributed by atoms with Gasteiger partial charge in [0.2, 0.25) is 0 Å². The summed E-state index contributed by atoms with van der Waals surface area (Å²) in [4.78, 5) is 0. The zero-order chi connectivity index (χ0) is 18.1. The number of fused-ring (bicyclic) bond motifs is 3. The van der Waals surface area contributed by atoms with Crippen LogP contribution < -0.4 is 51.5 Å². The third kappa shape index (κ3) is 5.21. The third-order valence-corrected chi connectivity index (χ3v) is 9.33. The molecule has 0 nitrogen and oxygen atoms in total. The summed E-state index contributed by atoms with van der Waals surface area (Å²) in [6.45, 7) is 4.62. The quantitative estimate of drug-likeness (QED) is 0.310. The van der Waals surface area contributed by atoms with E-state index in [4.69, 9.17) is 0 Å². The zero-order valence-corrected chi connectivity index (χ0v) is 22.1. The fourth-order valence-corrected chi connectivity index (χ4v) is 7.27. The smallest absolute Gasteiger partial charge is 1.00 e. The van der Waals surface area contributed by atoms with E-state index in [2.05, 4.69) is 94.9 Å². The van der Waals surface area contributed by atoms with E-state index >= 15 is 0 Å². The Bertz CT molecular complexity index is 944. The molecule has 0 fully saturated rings. The maximum absolute atomic E-state index is 2.48. The summed E-state index contributed by atoms with van der Waals surface area (Å²) in [6, 6.07) is 22.7. The number of unbranched alkanes of at least 4 members (excludes halogenated alkanes) is 1. The van der Waals surface area contributed by atoms with Crippen LogP contribution in [0.2, 0.25) is 0 Å². The molecule has 1 unspecified atom stereocenters. The maximum atomic E-state index is 2.48. The molecule has 0 bridgehead atoms. The minimum atomic E-state index is -0.438. The van der Waals surface area contributed by atoms with Gasteiger partial charge in [0, 0.05) is 0 Å². The number of hydrogen-bond acceptors (Lipinski definition) is 0.